The molecule has 1 N–H and O–H groups in total. The van der Waals surface area contributed by atoms with Crippen LogP contribution in [0.4, 0.5) is 9.18 Å². The zero-order valence-electron chi connectivity index (χ0n) is 17.0. The third kappa shape index (κ3) is 5.67. The summed E-state index contributed by atoms with van der Waals surface area (Å²) in [4.78, 5) is 12.1. The highest BCUT2D eigenvalue weighted by atomic mass is 19.1. The molecule has 0 aromatic heterocycles. The maximum Gasteiger partial charge on any atom is 0.407 e. The largest absolute Gasteiger partial charge is 0.444 e. The second-order valence-electron chi connectivity index (χ2n) is 7.95. The SMILES string of the molecule is CC(C)(C)OC(=O)NCC(c1ccccc1)c1ccc(-c2ccccc2F)cc1. The van der Waals surface area contributed by atoms with Gasteiger partial charge in [0.25, 0.3) is 0 Å². The van der Waals surface area contributed by atoms with Crippen molar-refractivity contribution in [3.05, 3.63) is 95.8 Å². The van der Waals surface area contributed by atoms with E-state index in [0.29, 0.717) is 12.1 Å². The number of carbonyl (C=O) groups is 1. The van der Waals surface area contributed by atoms with Gasteiger partial charge in [-0.3, -0.25) is 0 Å². The van der Waals surface area contributed by atoms with E-state index < -0.39 is 11.7 Å². The van der Waals surface area contributed by atoms with Gasteiger partial charge in [-0.25, -0.2) is 9.18 Å². The second-order valence-corrected chi connectivity index (χ2v) is 7.95. The molecule has 29 heavy (non-hydrogen) atoms. The summed E-state index contributed by atoms with van der Waals surface area (Å²) in [7, 11) is 0. The summed E-state index contributed by atoms with van der Waals surface area (Å²) in [5.74, 6) is -0.287. The number of rotatable bonds is 5. The number of ether oxygens (including phenoxy) is 1. The first kappa shape index (κ1) is 20.6. The maximum absolute atomic E-state index is 14.1. The smallest absolute Gasteiger partial charge is 0.407 e. The third-order valence-electron chi connectivity index (χ3n) is 4.55. The number of benzene rings is 3. The lowest BCUT2D eigenvalue weighted by atomic mass is 9.90. The van der Waals surface area contributed by atoms with Crippen molar-refractivity contribution in [2.24, 2.45) is 0 Å². The molecule has 0 heterocycles. The summed E-state index contributed by atoms with van der Waals surface area (Å²) in [6, 6.07) is 24.5. The fraction of sp³-hybridized carbons (Fsp3) is 0.240. The van der Waals surface area contributed by atoms with Gasteiger partial charge in [0.1, 0.15) is 11.4 Å². The molecule has 0 bridgehead atoms. The first-order valence-corrected chi connectivity index (χ1v) is 9.70. The van der Waals surface area contributed by atoms with Crippen LogP contribution in [0, 0.1) is 5.82 Å². The van der Waals surface area contributed by atoms with E-state index in [1.54, 1.807) is 12.1 Å². The van der Waals surface area contributed by atoms with Crippen LogP contribution in [0.25, 0.3) is 11.1 Å². The summed E-state index contributed by atoms with van der Waals surface area (Å²) < 4.78 is 19.4. The Labute approximate surface area is 171 Å². The van der Waals surface area contributed by atoms with Gasteiger partial charge in [0.2, 0.25) is 0 Å². The Balaban J connectivity index is 1.83. The molecule has 1 atom stereocenters. The fourth-order valence-electron chi connectivity index (χ4n) is 3.20. The average molecular weight is 391 g/mol. The Morgan fingerprint density at radius 1 is 0.897 bits per heavy atom. The number of alkyl carbamates (subject to hydrolysis) is 1. The van der Waals surface area contributed by atoms with Crippen molar-refractivity contribution in [1.29, 1.82) is 0 Å². The quantitative estimate of drug-likeness (QED) is 0.566. The minimum absolute atomic E-state index is 0.0432. The van der Waals surface area contributed by atoms with Crippen LogP contribution in [0.1, 0.15) is 37.8 Å². The highest BCUT2D eigenvalue weighted by molar-refractivity contribution is 5.68. The molecule has 4 heteroatoms. The van der Waals surface area contributed by atoms with Gasteiger partial charge < -0.3 is 10.1 Å². The number of carbonyl (C=O) groups excluding carboxylic acids is 1. The standard InChI is InChI=1S/C25H26FNO2/c1-25(2,3)29-24(28)27-17-22(18-9-5-4-6-10-18)20-15-13-19(14-16-20)21-11-7-8-12-23(21)26/h4-16,22H,17H2,1-3H3,(H,27,28). The second kappa shape index (κ2) is 8.91. The first-order valence-electron chi connectivity index (χ1n) is 9.70. The van der Waals surface area contributed by atoms with Crippen LogP contribution in [-0.4, -0.2) is 18.2 Å². The van der Waals surface area contributed by atoms with Crippen molar-refractivity contribution in [3.8, 4) is 11.1 Å². The molecule has 0 aliphatic carbocycles. The number of hydrogen-bond donors (Lipinski definition) is 1. The fourth-order valence-corrected chi connectivity index (χ4v) is 3.20. The van der Waals surface area contributed by atoms with E-state index in [0.717, 1.165) is 16.7 Å². The highest BCUT2D eigenvalue weighted by Gasteiger charge is 2.19. The van der Waals surface area contributed by atoms with Gasteiger partial charge in [0, 0.05) is 18.0 Å². The maximum atomic E-state index is 14.1. The number of hydrogen-bond acceptors (Lipinski definition) is 2. The number of amides is 1. The molecule has 0 aliphatic heterocycles. The van der Waals surface area contributed by atoms with Gasteiger partial charge >= 0.3 is 6.09 Å². The molecule has 0 spiro atoms. The molecule has 1 amide bonds. The van der Waals surface area contributed by atoms with Gasteiger partial charge in [-0.1, -0.05) is 72.8 Å². The Hall–Kier alpha value is -3.14. The molecule has 150 valence electrons. The van der Waals surface area contributed by atoms with E-state index in [1.165, 1.54) is 6.07 Å². The highest BCUT2D eigenvalue weighted by Crippen LogP contribution is 2.28. The normalized spacial score (nSPS) is 12.3. The van der Waals surface area contributed by atoms with E-state index in [-0.39, 0.29) is 11.7 Å². The van der Waals surface area contributed by atoms with E-state index >= 15 is 0 Å². The van der Waals surface area contributed by atoms with Crippen LogP contribution in [0.5, 0.6) is 0 Å². The first-order chi connectivity index (χ1) is 13.8. The Morgan fingerprint density at radius 3 is 2.10 bits per heavy atom. The molecule has 3 nitrogen and oxygen atoms in total. The minimum atomic E-state index is -0.548. The van der Waals surface area contributed by atoms with Crippen LogP contribution in [0.2, 0.25) is 0 Å². The lowest BCUT2D eigenvalue weighted by Crippen LogP contribution is -2.35. The molecule has 1 unspecified atom stereocenters. The average Bonchev–Trinajstić information content (AvgIpc) is 2.69. The molecule has 0 saturated carbocycles. The Kier molecular flexibility index (Phi) is 6.32. The molecular weight excluding hydrogens is 365 g/mol. The molecule has 0 radical (unpaired) electrons. The Morgan fingerprint density at radius 2 is 1.48 bits per heavy atom. The Bertz CT molecular complexity index is 947. The summed E-state index contributed by atoms with van der Waals surface area (Å²) in [6.45, 7) is 5.91. The van der Waals surface area contributed by atoms with Gasteiger partial charge in [-0.2, -0.15) is 0 Å². The molecular formula is C25H26FNO2. The molecule has 3 rings (SSSR count). The predicted octanol–water partition coefficient (Wildman–Crippen LogP) is 6.15. The van der Waals surface area contributed by atoms with Crippen LogP contribution in [-0.2, 0) is 4.74 Å². The summed E-state index contributed by atoms with van der Waals surface area (Å²) in [5, 5.41) is 2.87. The van der Waals surface area contributed by atoms with Crippen molar-refractivity contribution < 1.29 is 13.9 Å². The lowest BCUT2D eigenvalue weighted by Gasteiger charge is -2.23. The van der Waals surface area contributed by atoms with E-state index in [1.807, 2.05) is 81.4 Å². The van der Waals surface area contributed by atoms with Gasteiger partial charge in [-0.05, 0) is 43.5 Å². The number of halogens is 1. The van der Waals surface area contributed by atoms with Gasteiger partial charge in [0.15, 0.2) is 0 Å². The topological polar surface area (TPSA) is 38.3 Å². The summed E-state index contributed by atoms with van der Waals surface area (Å²) >= 11 is 0. The summed E-state index contributed by atoms with van der Waals surface area (Å²) in [6.07, 6.45) is -0.443. The summed E-state index contributed by atoms with van der Waals surface area (Å²) in [5.41, 5.74) is 2.96. The van der Waals surface area contributed by atoms with Crippen LogP contribution in [0.3, 0.4) is 0 Å². The minimum Gasteiger partial charge on any atom is -0.444 e. The predicted molar refractivity (Wildman–Crippen MR) is 114 cm³/mol. The molecule has 0 fully saturated rings. The van der Waals surface area contributed by atoms with Crippen molar-refractivity contribution in [1.82, 2.24) is 5.32 Å². The molecule has 3 aromatic carbocycles. The van der Waals surface area contributed by atoms with Gasteiger partial charge in [0.05, 0.1) is 0 Å². The number of nitrogens with one attached hydrogen (secondary N) is 1. The van der Waals surface area contributed by atoms with Crippen molar-refractivity contribution in [2.45, 2.75) is 32.3 Å². The van der Waals surface area contributed by atoms with Crippen LogP contribution >= 0.6 is 0 Å². The van der Waals surface area contributed by atoms with Crippen molar-refractivity contribution >= 4 is 6.09 Å². The zero-order chi connectivity index (χ0) is 20.9. The van der Waals surface area contributed by atoms with Crippen molar-refractivity contribution in [2.75, 3.05) is 6.54 Å². The van der Waals surface area contributed by atoms with E-state index in [9.17, 15) is 9.18 Å². The third-order valence-corrected chi connectivity index (χ3v) is 4.55. The monoisotopic (exact) mass is 391 g/mol. The van der Waals surface area contributed by atoms with Crippen molar-refractivity contribution in [3.63, 3.8) is 0 Å². The van der Waals surface area contributed by atoms with Crippen LogP contribution in [0.15, 0.2) is 78.9 Å². The molecule has 0 aliphatic rings. The molecule has 3 aromatic rings. The van der Waals surface area contributed by atoms with E-state index in [4.69, 9.17) is 4.74 Å². The molecule has 0 saturated heterocycles. The van der Waals surface area contributed by atoms with Gasteiger partial charge in [-0.15, -0.1) is 0 Å². The van der Waals surface area contributed by atoms with E-state index in [2.05, 4.69) is 5.32 Å². The zero-order valence-corrected chi connectivity index (χ0v) is 17.0. The lowest BCUT2D eigenvalue weighted by molar-refractivity contribution is 0.0526. The van der Waals surface area contributed by atoms with Crippen LogP contribution < -0.4 is 5.32 Å².